The molecule has 3 heteroatoms. The van der Waals surface area contributed by atoms with Gasteiger partial charge in [-0.25, -0.2) is 0 Å². The minimum atomic E-state index is -0.0643. The van der Waals surface area contributed by atoms with Crippen molar-refractivity contribution in [2.45, 2.75) is 51.6 Å². The van der Waals surface area contributed by atoms with Gasteiger partial charge in [-0.15, -0.1) is 0 Å². The minimum Gasteiger partial charge on any atom is -0.358 e. The van der Waals surface area contributed by atoms with Crippen LogP contribution in [0.4, 0.5) is 0 Å². The number of rotatable bonds is 3. The molecule has 0 aromatic carbocycles. The fraction of sp³-hybridized carbons (Fsp3) is 0.909. The molecule has 1 amide bonds. The molecule has 1 aliphatic rings. The summed E-state index contributed by atoms with van der Waals surface area (Å²) in [4.78, 5) is 11.3. The molecule has 0 aromatic heterocycles. The molecule has 0 radical (unpaired) electrons. The Morgan fingerprint density at radius 1 is 1.36 bits per heavy atom. The third kappa shape index (κ3) is 2.98. The van der Waals surface area contributed by atoms with Crippen LogP contribution in [0.15, 0.2) is 0 Å². The van der Waals surface area contributed by atoms with Crippen molar-refractivity contribution in [3.05, 3.63) is 0 Å². The lowest BCUT2D eigenvalue weighted by atomic mass is 9.85. The van der Waals surface area contributed by atoms with Gasteiger partial charge in [0, 0.05) is 13.1 Å². The number of carbonyl (C=O) groups is 1. The third-order valence-electron chi connectivity index (χ3n) is 3.22. The number of carbonyl (C=O) groups excluding carboxylic acids is 1. The van der Waals surface area contributed by atoms with Crippen LogP contribution >= 0.6 is 0 Å². The molecule has 14 heavy (non-hydrogen) atoms. The van der Waals surface area contributed by atoms with Crippen molar-refractivity contribution in [3.8, 4) is 0 Å². The maximum absolute atomic E-state index is 11.3. The third-order valence-corrected chi connectivity index (χ3v) is 3.22. The molecule has 1 aliphatic carbocycles. The van der Waals surface area contributed by atoms with Crippen LogP contribution in [0.25, 0.3) is 0 Å². The van der Waals surface area contributed by atoms with E-state index in [1.807, 2.05) is 6.92 Å². The highest BCUT2D eigenvalue weighted by Gasteiger charge is 2.24. The molecule has 82 valence electrons. The van der Waals surface area contributed by atoms with Crippen LogP contribution in [0, 0.1) is 5.92 Å². The summed E-state index contributed by atoms with van der Waals surface area (Å²) in [6, 6.07) is 0.460. The van der Waals surface area contributed by atoms with Crippen LogP contribution in [0.3, 0.4) is 0 Å². The van der Waals surface area contributed by atoms with Crippen molar-refractivity contribution in [1.29, 1.82) is 0 Å². The number of nitrogens with one attached hydrogen (secondary N) is 2. The number of hydrogen-bond donors (Lipinski definition) is 2. The topological polar surface area (TPSA) is 41.1 Å². The fourth-order valence-corrected chi connectivity index (χ4v) is 2.18. The number of likely N-dealkylation sites (N-methyl/N-ethyl adjacent to an activating group) is 1. The van der Waals surface area contributed by atoms with Gasteiger partial charge < -0.3 is 10.6 Å². The maximum Gasteiger partial charge on any atom is 0.236 e. The molecule has 2 N–H and O–H groups in total. The molecule has 3 atom stereocenters. The Morgan fingerprint density at radius 2 is 2.00 bits per heavy atom. The number of hydrogen-bond acceptors (Lipinski definition) is 2. The minimum absolute atomic E-state index is 0.0643. The normalized spacial score (nSPS) is 29.6. The lowest BCUT2D eigenvalue weighted by Crippen LogP contribution is -2.48. The summed E-state index contributed by atoms with van der Waals surface area (Å²) < 4.78 is 0. The second-order valence-corrected chi connectivity index (χ2v) is 4.37. The molecular formula is C11H22N2O. The summed E-state index contributed by atoms with van der Waals surface area (Å²) in [7, 11) is 1.69. The van der Waals surface area contributed by atoms with Crippen molar-refractivity contribution < 1.29 is 4.79 Å². The zero-order valence-corrected chi connectivity index (χ0v) is 9.47. The van der Waals surface area contributed by atoms with E-state index < -0.39 is 0 Å². The molecule has 0 aromatic rings. The Hall–Kier alpha value is -0.570. The maximum atomic E-state index is 11.3. The van der Waals surface area contributed by atoms with Gasteiger partial charge in [0.25, 0.3) is 0 Å². The number of amides is 1. The van der Waals surface area contributed by atoms with E-state index >= 15 is 0 Å². The first kappa shape index (κ1) is 11.5. The predicted molar refractivity (Wildman–Crippen MR) is 58.1 cm³/mol. The summed E-state index contributed by atoms with van der Waals surface area (Å²) >= 11 is 0. The second kappa shape index (κ2) is 5.35. The van der Waals surface area contributed by atoms with Crippen molar-refractivity contribution in [2.24, 2.45) is 5.92 Å². The van der Waals surface area contributed by atoms with Gasteiger partial charge in [0.05, 0.1) is 6.04 Å². The van der Waals surface area contributed by atoms with Gasteiger partial charge in [0.2, 0.25) is 5.91 Å². The Bertz CT molecular complexity index is 194. The van der Waals surface area contributed by atoms with Gasteiger partial charge in [0.15, 0.2) is 0 Å². The molecule has 0 spiro atoms. The molecule has 1 fully saturated rings. The summed E-state index contributed by atoms with van der Waals surface area (Å²) in [5, 5.41) is 6.07. The van der Waals surface area contributed by atoms with E-state index in [4.69, 9.17) is 0 Å². The quantitative estimate of drug-likeness (QED) is 0.717. The van der Waals surface area contributed by atoms with Crippen molar-refractivity contribution in [3.63, 3.8) is 0 Å². The molecule has 1 saturated carbocycles. The van der Waals surface area contributed by atoms with Crippen LogP contribution in [0.1, 0.15) is 39.5 Å². The van der Waals surface area contributed by atoms with E-state index in [2.05, 4.69) is 17.6 Å². The largest absolute Gasteiger partial charge is 0.358 e. The first-order valence-electron chi connectivity index (χ1n) is 5.62. The average Bonchev–Trinajstić information content (AvgIpc) is 2.20. The lowest BCUT2D eigenvalue weighted by Gasteiger charge is -2.31. The zero-order chi connectivity index (χ0) is 10.6. The van der Waals surface area contributed by atoms with E-state index in [0.29, 0.717) is 12.0 Å². The molecule has 0 saturated heterocycles. The average molecular weight is 198 g/mol. The van der Waals surface area contributed by atoms with Gasteiger partial charge >= 0.3 is 0 Å². The highest BCUT2D eigenvalue weighted by molar-refractivity contribution is 5.80. The summed E-state index contributed by atoms with van der Waals surface area (Å²) in [5.74, 6) is 0.790. The Balaban J connectivity index is 2.38. The monoisotopic (exact) mass is 198 g/mol. The van der Waals surface area contributed by atoms with Crippen LogP contribution in [-0.2, 0) is 4.79 Å². The summed E-state index contributed by atoms with van der Waals surface area (Å²) in [5.41, 5.74) is 0. The van der Waals surface area contributed by atoms with Crippen LogP contribution in [0.5, 0.6) is 0 Å². The van der Waals surface area contributed by atoms with E-state index in [0.717, 1.165) is 0 Å². The predicted octanol–water partition coefficient (Wildman–Crippen LogP) is 1.29. The van der Waals surface area contributed by atoms with Crippen molar-refractivity contribution >= 4 is 5.91 Å². The van der Waals surface area contributed by atoms with Crippen LogP contribution < -0.4 is 10.6 Å². The second-order valence-electron chi connectivity index (χ2n) is 4.37. The highest BCUT2D eigenvalue weighted by atomic mass is 16.2. The van der Waals surface area contributed by atoms with Gasteiger partial charge in [-0.3, -0.25) is 4.79 Å². The van der Waals surface area contributed by atoms with E-state index in [-0.39, 0.29) is 11.9 Å². The standard InChI is InChI=1S/C11H22N2O/c1-8-6-4-5-7-10(8)13-9(2)11(14)12-3/h8-10,13H,4-7H2,1-3H3,(H,12,14). The lowest BCUT2D eigenvalue weighted by molar-refractivity contribution is -0.122. The highest BCUT2D eigenvalue weighted by Crippen LogP contribution is 2.23. The van der Waals surface area contributed by atoms with Gasteiger partial charge in [0.1, 0.15) is 0 Å². The zero-order valence-electron chi connectivity index (χ0n) is 9.47. The van der Waals surface area contributed by atoms with E-state index in [1.165, 1.54) is 25.7 Å². The van der Waals surface area contributed by atoms with E-state index in [9.17, 15) is 4.79 Å². The molecule has 0 aliphatic heterocycles. The smallest absolute Gasteiger partial charge is 0.236 e. The van der Waals surface area contributed by atoms with Gasteiger partial charge in [-0.2, -0.15) is 0 Å². The van der Waals surface area contributed by atoms with Gasteiger partial charge in [-0.1, -0.05) is 19.8 Å². The fourth-order valence-electron chi connectivity index (χ4n) is 2.18. The Labute approximate surface area is 86.6 Å². The Kier molecular flexibility index (Phi) is 4.39. The van der Waals surface area contributed by atoms with Crippen LogP contribution in [0.2, 0.25) is 0 Å². The Morgan fingerprint density at radius 3 is 2.57 bits per heavy atom. The molecule has 0 bridgehead atoms. The SMILES string of the molecule is CNC(=O)C(C)NC1CCCCC1C. The molecule has 0 heterocycles. The molecular weight excluding hydrogens is 176 g/mol. The van der Waals surface area contributed by atoms with E-state index in [1.54, 1.807) is 7.05 Å². The molecule has 3 nitrogen and oxygen atoms in total. The first-order valence-corrected chi connectivity index (χ1v) is 5.62. The van der Waals surface area contributed by atoms with Crippen LogP contribution in [-0.4, -0.2) is 25.0 Å². The van der Waals surface area contributed by atoms with Crippen molar-refractivity contribution in [2.75, 3.05) is 7.05 Å². The summed E-state index contributed by atoms with van der Waals surface area (Å²) in [6.45, 7) is 4.20. The van der Waals surface area contributed by atoms with Crippen molar-refractivity contribution in [1.82, 2.24) is 10.6 Å². The first-order chi connectivity index (χ1) is 6.65. The summed E-state index contributed by atoms with van der Waals surface area (Å²) in [6.07, 6.45) is 5.14. The van der Waals surface area contributed by atoms with Gasteiger partial charge in [-0.05, 0) is 25.7 Å². The molecule has 1 rings (SSSR count). The molecule has 3 unspecified atom stereocenters.